The summed E-state index contributed by atoms with van der Waals surface area (Å²) in [5.74, 6) is 0.0266. The largest absolute Gasteiger partial charge is 0.385 e. The zero-order valence-electron chi connectivity index (χ0n) is 16.2. The fourth-order valence-electron chi connectivity index (χ4n) is 3.04. The summed E-state index contributed by atoms with van der Waals surface area (Å²) >= 11 is 4.94. The topological polar surface area (TPSA) is 42.4 Å². The summed E-state index contributed by atoms with van der Waals surface area (Å²) < 4.78 is 6.13. The van der Waals surface area contributed by atoms with Gasteiger partial charge in [0.2, 0.25) is 5.91 Å². The van der Waals surface area contributed by atoms with Crippen molar-refractivity contribution in [1.29, 1.82) is 0 Å². The average molecular weight is 459 g/mol. The molecule has 3 aromatic rings. The summed E-state index contributed by atoms with van der Waals surface area (Å²) in [7, 11) is 1.65. The number of nitrogens with zero attached hydrogens (tertiary/aromatic N) is 2. The van der Waals surface area contributed by atoms with Crippen LogP contribution >= 0.6 is 27.3 Å². The number of hydrogen-bond donors (Lipinski definition) is 0. The SMILES string of the molecule is COCCCC(=O)N(c1cc(C)cc(C)c1)c1nc(-c2ccc(Br)cc2)cs1. The fourth-order valence-corrected chi connectivity index (χ4v) is 4.17. The lowest BCUT2D eigenvalue weighted by atomic mass is 10.1. The highest BCUT2D eigenvalue weighted by Gasteiger charge is 2.22. The molecule has 146 valence electrons. The Labute approximate surface area is 178 Å². The predicted octanol–water partition coefficient (Wildman–Crippen LogP) is 6.28. The number of anilines is 2. The number of halogens is 1. The van der Waals surface area contributed by atoms with Gasteiger partial charge in [-0.2, -0.15) is 0 Å². The second-order valence-electron chi connectivity index (χ2n) is 6.69. The maximum atomic E-state index is 13.1. The monoisotopic (exact) mass is 458 g/mol. The Kier molecular flexibility index (Phi) is 6.99. The molecule has 0 atom stereocenters. The molecule has 0 saturated carbocycles. The van der Waals surface area contributed by atoms with Gasteiger partial charge < -0.3 is 4.74 Å². The van der Waals surface area contributed by atoms with Gasteiger partial charge in [0.1, 0.15) is 0 Å². The van der Waals surface area contributed by atoms with Gasteiger partial charge in [0.25, 0.3) is 0 Å². The molecule has 0 bridgehead atoms. The summed E-state index contributed by atoms with van der Waals surface area (Å²) in [5, 5.41) is 2.68. The van der Waals surface area contributed by atoms with Crippen LogP contribution in [0.15, 0.2) is 52.3 Å². The number of ether oxygens (including phenoxy) is 1. The van der Waals surface area contributed by atoms with Crippen molar-refractivity contribution in [2.75, 3.05) is 18.6 Å². The van der Waals surface area contributed by atoms with E-state index in [1.54, 1.807) is 12.0 Å². The number of carbonyl (C=O) groups excluding carboxylic acids is 1. The second kappa shape index (κ2) is 9.45. The molecule has 0 spiro atoms. The molecule has 3 rings (SSSR count). The lowest BCUT2D eigenvalue weighted by Crippen LogP contribution is -2.26. The molecule has 28 heavy (non-hydrogen) atoms. The van der Waals surface area contributed by atoms with Gasteiger partial charge in [0.15, 0.2) is 5.13 Å². The molecule has 1 aromatic heterocycles. The average Bonchev–Trinajstić information content (AvgIpc) is 3.11. The molecule has 0 aliphatic carbocycles. The molecule has 0 aliphatic heterocycles. The molecular weight excluding hydrogens is 436 g/mol. The Morgan fingerprint density at radius 2 is 1.82 bits per heavy atom. The maximum absolute atomic E-state index is 13.1. The lowest BCUT2D eigenvalue weighted by molar-refractivity contribution is -0.118. The van der Waals surface area contributed by atoms with Crippen molar-refractivity contribution >= 4 is 44.0 Å². The van der Waals surface area contributed by atoms with Crippen molar-refractivity contribution in [3.8, 4) is 11.3 Å². The van der Waals surface area contributed by atoms with Crippen LogP contribution in [0.1, 0.15) is 24.0 Å². The van der Waals surface area contributed by atoms with Crippen LogP contribution in [-0.2, 0) is 9.53 Å². The number of hydrogen-bond acceptors (Lipinski definition) is 4. The smallest absolute Gasteiger partial charge is 0.233 e. The van der Waals surface area contributed by atoms with Gasteiger partial charge in [0, 0.05) is 35.6 Å². The van der Waals surface area contributed by atoms with Crippen LogP contribution < -0.4 is 4.90 Å². The van der Waals surface area contributed by atoms with Crippen LogP contribution in [0.25, 0.3) is 11.3 Å². The highest BCUT2D eigenvalue weighted by molar-refractivity contribution is 9.10. The number of rotatable bonds is 7. The summed E-state index contributed by atoms with van der Waals surface area (Å²) in [4.78, 5) is 19.6. The fraction of sp³-hybridized carbons (Fsp3) is 0.273. The van der Waals surface area contributed by atoms with Crippen molar-refractivity contribution < 1.29 is 9.53 Å². The quantitative estimate of drug-likeness (QED) is 0.391. The Balaban J connectivity index is 1.96. The Morgan fingerprint density at radius 3 is 2.46 bits per heavy atom. The van der Waals surface area contributed by atoms with Crippen LogP contribution in [0.4, 0.5) is 10.8 Å². The van der Waals surface area contributed by atoms with Gasteiger partial charge in [-0.1, -0.05) is 34.1 Å². The van der Waals surface area contributed by atoms with Crippen molar-refractivity contribution in [2.24, 2.45) is 0 Å². The van der Waals surface area contributed by atoms with Gasteiger partial charge in [0.05, 0.1) is 11.4 Å². The number of thiazole rings is 1. The molecule has 1 amide bonds. The molecule has 0 N–H and O–H groups in total. The minimum Gasteiger partial charge on any atom is -0.385 e. The summed E-state index contributed by atoms with van der Waals surface area (Å²) in [6.45, 7) is 4.65. The number of amides is 1. The van der Waals surface area contributed by atoms with Crippen LogP contribution in [0.2, 0.25) is 0 Å². The predicted molar refractivity (Wildman–Crippen MR) is 119 cm³/mol. The third-order valence-electron chi connectivity index (χ3n) is 4.28. The molecule has 0 aliphatic rings. The van der Waals surface area contributed by atoms with E-state index in [-0.39, 0.29) is 5.91 Å². The molecule has 0 unspecified atom stereocenters. The van der Waals surface area contributed by atoms with E-state index in [9.17, 15) is 4.79 Å². The number of benzene rings is 2. The van der Waals surface area contributed by atoms with E-state index in [0.29, 0.717) is 24.6 Å². The van der Waals surface area contributed by atoms with E-state index in [4.69, 9.17) is 9.72 Å². The summed E-state index contributed by atoms with van der Waals surface area (Å²) in [6.07, 6.45) is 1.09. The van der Waals surface area contributed by atoms with Gasteiger partial charge >= 0.3 is 0 Å². The highest BCUT2D eigenvalue weighted by Crippen LogP contribution is 2.34. The molecular formula is C22H23BrN2O2S. The third-order valence-corrected chi connectivity index (χ3v) is 5.63. The van der Waals surface area contributed by atoms with Gasteiger partial charge in [-0.25, -0.2) is 4.98 Å². The Hall–Kier alpha value is -2.02. The van der Waals surface area contributed by atoms with Gasteiger partial charge in [-0.15, -0.1) is 11.3 Å². The van der Waals surface area contributed by atoms with E-state index in [1.807, 2.05) is 55.6 Å². The minimum absolute atomic E-state index is 0.0266. The molecule has 4 nitrogen and oxygen atoms in total. The van der Waals surface area contributed by atoms with Gasteiger partial charge in [-0.05, 0) is 55.7 Å². The zero-order valence-corrected chi connectivity index (χ0v) is 18.6. The van der Waals surface area contributed by atoms with Crippen molar-refractivity contribution in [1.82, 2.24) is 4.98 Å². The zero-order chi connectivity index (χ0) is 20.1. The van der Waals surface area contributed by atoms with E-state index in [1.165, 1.54) is 11.3 Å². The minimum atomic E-state index is 0.0266. The normalized spacial score (nSPS) is 10.9. The first-order valence-corrected chi connectivity index (χ1v) is 10.8. The molecule has 0 saturated heterocycles. The van der Waals surface area contributed by atoms with Crippen LogP contribution in [0.5, 0.6) is 0 Å². The summed E-state index contributed by atoms with van der Waals surface area (Å²) in [6, 6.07) is 14.2. The van der Waals surface area contributed by atoms with E-state index >= 15 is 0 Å². The first-order valence-electron chi connectivity index (χ1n) is 9.09. The molecule has 0 radical (unpaired) electrons. The van der Waals surface area contributed by atoms with E-state index in [0.717, 1.165) is 32.5 Å². The first-order chi connectivity index (χ1) is 13.5. The Bertz CT molecular complexity index is 933. The first kappa shape index (κ1) is 20.7. The molecule has 0 fully saturated rings. The third kappa shape index (κ3) is 5.07. The van der Waals surface area contributed by atoms with Crippen LogP contribution in [-0.4, -0.2) is 24.6 Å². The van der Waals surface area contributed by atoms with Crippen molar-refractivity contribution in [2.45, 2.75) is 26.7 Å². The number of aryl methyl sites for hydroxylation is 2. The number of carbonyl (C=O) groups is 1. The van der Waals surface area contributed by atoms with E-state index < -0.39 is 0 Å². The van der Waals surface area contributed by atoms with Crippen molar-refractivity contribution in [3.63, 3.8) is 0 Å². The summed E-state index contributed by atoms with van der Waals surface area (Å²) in [5.41, 5.74) is 4.99. The molecule has 2 aromatic carbocycles. The maximum Gasteiger partial charge on any atom is 0.233 e. The van der Waals surface area contributed by atoms with Gasteiger partial charge in [-0.3, -0.25) is 9.69 Å². The Morgan fingerprint density at radius 1 is 1.14 bits per heavy atom. The lowest BCUT2D eigenvalue weighted by Gasteiger charge is -2.21. The molecule has 6 heteroatoms. The number of aromatic nitrogens is 1. The van der Waals surface area contributed by atoms with Crippen molar-refractivity contribution in [3.05, 3.63) is 63.4 Å². The second-order valence-corrected chi connectivity index (χ2v) is 8.45. The van der Waals surface area contributed by atoms with Crippen LogP contribution in [0, 0.1) is 13.8 Å². The molecule has 1 heterocycles. The number of methoxy groups -OCH3 is 1. The van der Waals surface area contributed by atoms with Crippen LogP contribution in [0.3, 0.4) is 0 Å². The standard InChI is InChI=1S/C22H23BrN2O2S/c1-15-11-16(2)13-19(12-15)25(21(26)5-4-10-27-3)22-24-20(14-28-22)17-6-8-18(23)9-7-17/h6-9,11-14H,4-5,10H2,1-3H3. The van der Waals surface area contributed by atoms with E-state index in [2.05, 4.69) is 22.0 Å². The highest BCUT2D eigenvalue weighted by atomic mass is 79.9.